The molecule has 0 aliphatic heterocycles. The van der Waals surface area contributed by atoms with E-state index in [2.05, 4.69) is 4.74 Å². The average molecular weight is 285 g/mol. The first kappa shape index (κ1) is 15.0. The molecule has 1 aromatic carbocycles. The van der Waals surface area contributed by atoms with Crippen molar-refractivity contribution in [3.05, 3.63) is 34.9 Å². The Kier molecular flexibility index (Phi) is 5.38. The topological polar surface area (TPSA) is 61.8 Å². The first-order chi connectivity index (χ1) is 9.03. The number of hydrogen-bond acceptors (Lipinski definition) is 5. The monoisotopic (exact) mass is 284 g/mol. The van der Waals surface area contributed by atoms with Crippen LogP contribution in [-0.4, -0.2) is 33.1 Å². The quantitative estimate of drug-likeness (QED) is 0.471. The lowest BCUT2D eigenvalue weighted by molar-refractivity contribution is -0.134. The predicted molar refractivity (Wildman–Crippen MR) is 70.0 cm³/mol. The zero-order valence-corrected chi connectivity index (χ0v) is 11.5. The van der Waals surface area contributed by atoms with E-state index in [9.17, 15) is 9.59 Å². The number of allylic oxidation sites excluding steroid dienone is 1. The first-order valence-electron chi connectivity index (χ1n) is 5.25. The van der Waals surface area contributed by atoms with Crippen LogP contribution in [0.5, 0.6) is 11.5 Å². The van der Waals surface area contributed by atoms with Gasteiger partial charge in [0.05, 0.1) is 26.4 Å². The van der Waals surface area contributed by atoms with Crippen LogP contribution in [0.4, 0.5) is 0 Å². The highest BCUT2D eigenvalue weighted by atomic mass is 35.5. The van der Waals surface area contributed by atoms with Gasteiger partial charge in [-0.05, 0) is 12.1 Å². The molecule has 1 rings (SSSR count). The van der Waals surface area contributed by atoms with Gasteiger partial charge in [0, 0.05) is 17.7 Å². The van der Waals surface area contributed by atoms with Crippen LogP contribution < -0.4 is 9.47 Å². The van der Waals surface area contributed by atoms with Crippen LogP contribution >= 0.6 is 11.6 Å². The fraction of sp³-hybridized carbons (Fsp3) is 0.231. The van der Waals surface area contributed by atoms with Crippen LogP contribution in [-0.2, 0) is 9.53 Å². The van der Waals surface area contributed by atoms with Gasteiger partial charge in [-0.2, -0.15) is 0 Å². The Morgan fingerprint density at radius 3 is 2.16 bits per heavy atom. The fourth-order valence-electron chi connectivity index (χ4n) is 1.34. The van der Waals surface area contributed by atoms with E-state index in [1.54, 1.807) is 0 Å². The van der Waals surface area contributed by atoms with Gasteiger partial charge in [-0.15, -0.1) is 0 Å². The molecule has 0 aliphatic carbocycles. The highest BCUT2D eigenvalue weighted by Crippen LogP contribution is 2.33. The third kappa shape index (κ3) is 3.72. The van der Waals surface area contributed by atoms with Crippen LogP contribution in [0.2, 0.25) is 5.02 Å². The third-order valence-electron chi connectivity index (χ3n) is 2.31. The summed E-state index contributed by atoms with van der Waals surface area (Å²) in [5, 5.41) is 0.206. The van der Waals surface area contributed by atoms with Gasteiger partial charge in [-0.25, -0.2) is 4.79 Å². The van der Waals surface area contributed by atoms with Crippen molar-refractivity contribution in [3.63, 3.8) is 0 Å². The van der Waals surface area contributed by atoms with Crippen molar-refractivity contribution in [2.24, 2.45) is 0 Å². The number of hydrogen-bond donors (Lipinski definition) is 0. The normalized spacial score (nSPS) is 10.3. The van der Waals surface area contributed by atoms with Gasteiger partial charge in [-0.3, -0.25) is 4.79 Å². The molecule has 6 heteroatoms. The van der Waals surface area contributed by atoms with Crippen LogP contribution in [0, 0.1) is 0 Å². The zero-order chi connectivity index (χ0) is 14.4. The molecule has 0 N–H and O–H groups in total. The summed E-state index contributed by atoms with van der Waals surface area (Å²) >= 11 is 5.97. The smallest absolute Gasteiger partial charge is 0.330 e. The Balaban J connectivity index is 3.10. The molecule has 1 aromatic rings. The molecule has 0 heterocycles. The summed E-state index contributed by atoms with van der Waals surface area (Å²) in [5.74, 6) is -0.260. The van der Waals surface area contributed by atoms with Crippen molar-refractivity contribution < 1.29 is 23.8 Å². The number of ketones is 1. The van der Waals surface area contributed by atoms with E-state index in [0.29, 0.717) is 11.5 Å². The summed E-state index contributed by atoms with van der Waals surface area (Å²) in [6.07, 6.45) is 2.11. The minimum absolute atomic E-state index is 0.206. The molecule has 0 bridgehead atoms. The van der Waals surface area contributed by atoms with Gasteiger partial charge in [-0.1, -0.05) is 11.6 Å². The molecule has 0 unspecified atom stereocenters. The Labute approximate surface area is 115 Å². The highest BCUT2D eigenvalue weighted by Gasteiger charge is 2.14. The second kappa shape index (κ2) is 6.80. The molecule has 102 valence electrons. The molecule has 0 atom stereocenters. The molecular weight excluding hydrogens is 272 g/mol. The largest absolute Gasteiger partial charge is 0.493 e. The van der Waals surface area contributed by atoms with E-state index in [1.165, 1.54) is 33.5 Å². The van der Waals surface area contributed by atoms with Crippen LogP contribution in [0.1, 0.15) is 10.4 Å². The van der Waals surface area contributed by atoms with E-state index in [0.717, 1.165) is 12.2 Å². The fourth-order valence-corrected chi connectivity index (χ4v) is 1.59. The molecule has 0 saturated carbocycles. The van der Waals surface area contributed by atoms with E-state index >= 15 is 0 Å². The minimum Gasteiger partial charge on any atom is -0.493 e. The summed E-state index contributed by atoms with van der Waals surface area (Å²) in [6, 6.07) is 2.92. The summed E-state index contributed by atoms with van der Waals surface area (Å²) < 4.78 is 14.5. The number of methoxy groups -OCH3 is 3. The molecular formula is C13H13ClO5. The minimum atomic E-state index is -0.620. The Bertz CT molecular complexity index is 522. The summed E-state index contributed by atoms with van der Waals surface area (Å²) in [4.78, 5) is 22.8. The van der Waals surface area contributed by atoms with Crippen LogP contribution in [0.15, 0.2) is 24.3 Å². The highest BCUT2D eigenvalue weighted by molar-refractivity contribution is 6.35. The summed E-state index contributed by atoms with van der Waals surface area (Å²) in [6.45, 7) is 0. The van der Waals surface area contributed by atoms with Crippen molar-refractivity contribution in [2.75, 3.05) is 21.3 Å². The molecule has 0 saturated heterocycles. The lowest BCUT2D eigenvalue weighted by atomic mass is 10.1. The predicted octanol–water partition coefficient (Wildman–Crippen LogP) is 2.27. The van der Waals surface area contributed by atoms with Crippen molar-refractivity contribution in [1.29, 1.82) is 0 Å². The summed E-state index contributed by atoms with van der Waals surface area (Å²) in [5.41, 5.74) is 0.208. The second-order valence-corrected chi connectivity index (χ2v) is 3.81. The maximum atomic E-state index is 11.9. The maximum absolute atomic E-state index is 11.9. The second-order valence-electron chi connectivity index (χ2n) is 3.41. The van der Waals surface area contributed by atoms with Gasteiger partial charge in [0.1, 0.15) is 0 Å². The molecule has 0 aliphatic rings. The molecule has 0 amide bonds. The lowest BCUT2D eigenvalue weighted by Gasteiger charge is -2.09. The molecule has 0 radical (unpaired) electrons. The first-order valence-corrected chi connectivity index (χ1v) is 5.63. The van der Waals surface area contributed by atoms with Crippen molar-refractivity contribution in [2.45, 2.75) is 0 Å². The number of esters is 1. The Morgan fingerprint density at radius 2 is 1.63 bits per heavy atom. The molecule has 0 fully saturated rings. The lowest BCUT2D eigenvalue weighted by Crippen LogP contribution is -2.01. The Hall–Kier alpha value is -2.01. The molecule has 5 nitrogen and oxygen atoms in total. The molecule has 0 aromatic heterocycles. The summed E-state index contributed by atoms with van der Waals surface area (Å²) in [7, 11) is 4.14. The number of benzene rings is 1. The van der Waals surface area contributed by atoms with Gasteiger partial charge in [0.2, 0.25) is 0 Å². The van der Waals surface area contributed by atoms with Crippen molar-refractivity contribution in [1.82, 2.24) is 0 Å². The van der Waals surface area contributed by atoms with E-state index < -0.39 is 11.8 Å². The van der Waals surface area contributed by atoms with E-state index in [4.69, 9.17) is 21.1 Å². The number of rotatable bonds is 5. The molecule has 19 heavy (non-hydrogen) atoms. The van der Waals surface area contributed by atoms with Crippen molar-refractivity contribution in [3.8, 4) is 11.5 Å². The standard InChI is InChI=1S/C13H13ClO5/c1-17-11-6-8(9(14)7-12(11)18-2)10(15)4-5-13(16)19-3/h4-7H,1-3H3/b5-4+. The van der Waals surface area contributed by atoms with Crippen LogP contribution in [0.25, 0.3) is 0 Å². The maximum Gasteiger partial charge on any atom is 0.330 e. The number of ether oxygens (including phenoxy) is 3. The number of carbonyl (C=O) groups is 2. The number of carbonyl (C=O) groups excluding carboxylic acids is 2. The zero-order valence-electron chi connectivity index (χ0n) is 10.7. The van der Waals surface area contributed by atoms with Gasteiger partial charge in [0.15, 0.2) is 17.3 Å². The van der Waals surface area contributed by atoms with Crippen LogP contribution in [0.3, 0.4) is 0 Å². The van der Waals surface area contributed by atoms with Crippen molar-refractivity contribution >= 4 is 23.4 Å². The van der Waals surface area contributed by atoms with Gasteiger partial charge >= 0.3 is 5.97 Å². The average Bonchev–Trinajstić information content (AvgIpc) is 2.43. The SMILES string of the molecule is COC(=O)/C=C/C(=O)c1cc(OC)c(OC)cc1Cl. The number of halogens is 1. The third-order valence-corrected chi connectivity index (χ3v) is 2.62. The van der Waals surface area contributed by atoms with Gasteiger partial charge < -0.3 is 14.2 Å². The Morgan fingerprint density at radius 1 is 1.05 bits per heavy atom. The van der Waals surface area contributed by atoms with Gasteiger partial charge in [0.25, 0.3) is 0 Å². The van der Waals surface area contributed by atoms with E-state index in [1.807, 2.05) is 0 Å². The molecule has 0 spiro atoms. The van der Waals surface area contributed by atoms with E-state index in [-0.39, 0.29) is 10.6 Å².